The van der Waals surface area contributed by atoms with Gasteiger partial charge in [0, 0.05) is 16.8 Å². The summed E-state index contributed by atoms with van der Waals surface area (Å²) in [5.41, 5.74) is 5.52. The van der Waals surface area contributed by atoms with Gasteiger partial charge in [-0.15, -0.1) is 0 Å². The van der Waals surface area contributed by atoms with E-state index < -0.39 is 19.2 Å². The van der Waals surface area contributed by atoms with Crippen LogP contribution in [0.4, 0.5) is 0 Å². The van der Waals surface area contributed by atoms with Gasteiger partial charge in [0.25, 0.3) is 0 Å². The van der Waals surface area contributed by atoms with E-state index in [9.17, 15) is 9.36 Å². The molecule has 1 atom stereocenters. The molecule has 4 nitrogen and oxygen atoms in total. The Balaban J connectivity index is 2.13. The minimum atomic E-state index is -2.70. The van der Waals surface area contributed by atoms with Gasteiger partial charge >= 0.3 is 5.97 Å². The van der Waals surface area contributed by atoms with Gasteiger partial charge < -0.3 is 15.4 Å². The van der Waals surface area contributed by atoms with E-state index in [1.165, 1.54) is 0 Å². The average Bonchev–Trinajstić information content (AvgIpc) is 2.59. The molecule has 122 valence electrons. The third-order valence-electron chi connectivity index (χ3n) is 3.90. The van der Waals surface area contributed by atoms with Crippen molar-refractivity contribution in [3.05, 3.63) is 60.7 Å². The highest BCUT2D eigenvalue weighted by molar-refractivity contribution is 7.78. The summed E-state index contributed by atoms with van der Waals surface area (Å²) in [6.45, 7) is 0. The Hall–Kier alpha value is -1.90. The molecule has 0 fully saturated rings. The van der Waals surface area contributed by atoms with Crippen molar-refractivity contribution < 1.29 is 14.5 Å². The van der Waals surface area contributed by atoms with Gasteiger partial charge in [0.1, 0.15) is 13.2 Å². The van der Waals surface area contributed by atoms with E-state index in [4.69, 9.17) is 10.8 Å². The number of benzene rings is 2. The highest BCUT2D eigenvalue weighted by Gasteiger charge is 2.26. The van der Waals surface area contributed by atoms with Crippen LogP contribution >= 0.6 is 7.14 Å². The molecule has 0 heterocycles. The van der Waals surface area contributed by atoms with Crippen molar-refractivity contribution in [3.8, 4) is 0 Å². The van der Waals surface area contributed by atoms with E-state index in [1.54, 1.807) is 0 Å². The van der Waals surface area contributed by atoms with Crippen LogP contribution < -0.4 is 16.3 Å². The Labute approximate surface area is 136 Å². The van der Waals surface area contributed by atoms with Crippen LogP contribution in [0.5, 0.6) is 0 Å². The normalized spacial score (nSPS) is 12.7. The molecule has 0 spiro atoms. The smallest absolute Gasteiger partial charge is 0.320 e. The van der Waals surface area contributed by atoms with Gasteiger partial charge in [0.05, 0.1) is 0 Å². The fourth-order valence-electron chi connectivity index (χ4n) is 2.57. The minimum Gasteiger partial charge on any atom is -0.480 e. The zero-order valence-electron chi connectivity index (χ0n) is 13.0. The zero-order valence-corrected chi connectivity index (χ0v) is 13.9. The van der Waals surface area contributed by atoms with E-state index >= 15 is 0 Å². The molecule has 3 N–H and O–H groups in total. The van der Waals surface area contributed by atoms with Crippen LogP contribution in [0.3, 0.4) is 0 Å². The van der Waals surface area contributed by atoms with Crippen LogP contribution in [0.2, 0.25) is 0 Å². The highest BCUT2D eigenvalue weighted by Crippen LogP contribution is 2.44. The van der Waals surface area contributed by atoms with Gasteiger partial charge in [-0.05, 0) is 12.8 Å². The molecule has 0 amide bonds. The summed E-state index contributed by atoms with van der Waals surface area (Å²) < 4.78 is 13.6. The Morgan fingerprint density at radius 1 is 0.957 bits per heavy atom. The number of carbonyl (C=O) groups is 1. The maximum Gasteiger partial charge on any atom is 0.320 e. The van der Waals surface area contributed by atoms with E-state index in [1.807, 2.05) is 60.7 Å². The molecule has 0 aliphatic heterocycles. The number of hydrogen-bond acceptors (Lipinski definition) is 3. The maximum absolute atomic E-state index is 13.6. The first-order chi connectivity index (χ1) is 11.0. The predicted octanol–water partition coefficient (Wildman–Crippen LogP) is 2.58. The maximum atomic E-state index is 13.6. The molecule has 2 aromatic rings. The molecule has 2 aromatic carbocycles. The van der Waals surface area contributed by atoms with Crippen molar-refractivity contribution in [3.63, 3.8) is 0 Å². The molecule has 0 unspecified atom stereocenters. The van der Waals surface area contributed by atoms with Crippen molar-refractivity contribution in [2.24, 2.45) is 5.73 Å². The fourth-order valence-corrected chi connectivity index (χ4v) is 5.36. The monoisotopic (exact) mass is 331 g/mol. The van der Waals surface area contributed by atoms with Crippen molar-refractivity contribution in [2.45, 2.75) is 25.3 Å². The number of aliphatic carboxylic acids is 1. The predicted molar refractivity (Wildman–Crippen MR) is 94.1 cm³/mol. The lowest BCUT2D eigenvalue weighted by atomic mass is 10.1. The lowest BCUT2D eigenvalue weighted by Gasteiger charge is -2.19. The summed E-state index contributed by atoms with van der Waals surface area (Å²) in [4.78, 5) is 10.8. The van der Waals surface area contributed by atoms with Crippen LogP contribution in [-0.4, -0.2) is 23.3 Å². The highest BCUT2D eigenvalue weighted by atomic mass is 31.2. The Morgan fingerprint density at radius 3 is 1.87 bits per heavy atom. The average molecular weight is 331 g/mol. The van der Waals surface area contributed by atoms with Crippen molar-refractivity contribution in [2.75, 3.05) is 6.16 Å². The van der Waals surface area contributed by atoms with E-state index in [0.717, 1.165) is 10.6 Å². The van der Waals surface area contributed by atoms with Gasteiger partial charge in [-0.2, -0.15) is 0 Å². The molecular weight excluding hydrogens is 309 g/mol. The quantitative estimate of drug-likeness (QED) is 0.575. The number of carboxylic acids is 1. The molecule has 2 rings (SSSR count). The van der Waals surface area contributed by atoms with Gasteiger partial charge in [-0.25, -0.2) is 0 Å². The molecule has 23 heavy (non-hydrogen) atoms. The van der Waals surface area contributed by atoms with Crippen molar-refractivity contribution in [1.82, 2.24) is 0 Å². The summed E-state index contributed by atoms with van der Waals surface area (Å²) in [6, 6.07) is 18.1. The SMILES string of the molecule is N[C@@H](CCCCP(=O)(c1ccccc1)c1ccccc1)C(=O)O. The van der Waals surface area contributed by atoms with Gasteiger partial charge in [-0.1, -0.05) is 67.1 Å². The first kappa shape index (κ1) is 17.5. The number of rotatable bonds is 8. The first-order valence-corrected chi connectivity index (χ1v) is 9.62. The number of hydrogen-bond donors (Lipinski definition) is 2. The molecule has 0 bridgehead atoms. The number of unbranched alkanes of at least 4 members (excludes halogenated alkanes) is 1. The van der Waals surface area contributed by atoms with Gasteiger partial charge in [-0.3, -0.25) is 4.79 Å². The second kappa shape index (κ2) is 8.09. The lowest BCUT2D eigenvalue weighted by Crippen LogP contribution is -2.29. The summed E-state index contributed by atoms with van der Waals surface area (Å²) in [6.07, 6.45) is 2.26. The Kier molecular flexibility index (Phi) is 6.14. The summed E-state index contributed by atoms with van der Waals surface area (Å²) in [5.74, 6) is -0.987. The minimum absolute atomic E-state index is 0.402. The molecule has 0 saturated heterocycles. The number of carboxylic acid groups (broad SMARTS) is 1. The zero-order chi connectivity index (χ0) is 16.7. The first-order valence-electron chi connectivity index (χ1n) is 7.73. The fraction of sp³-hybridized carbons (Fsp3) is 0.278. The van der Waals surface area contributed by atoms with Gasteiger partial charge in [0.15, 0.2) is 0 Å². The van der Waals surface area contributed by atoms with E-state index in [2.05, 4.69) is 0 Å². The van der Waals surface area contributed by atoms with Crippen LogP contribution in [0.25, 0.3) is 0 Å². The van der Waals surface area contributed by atoms with Crippen LogP contribution in [0.1, 0.15) is 19.3 Å². The van der Waals surface area contributed by atoms with Crippen LogP contribution in [-0.2, 0) is 9.36 Å². The Morgan fingerprint density at radius 2 is 1.43 bits per heavy atom. The number of nitrogens with two attached hydrogens (primary N) is 1. The molecule has 0 aliphatic rings. The van der Waals surface area contributed by atoms with Crippen molar-refractivity contribution >= 4 is 23.7 Å². The Bertz CT molecular complexity index is 630. The van der Waals surface area contributed by atoms with Gasteiger partial charge in [0.2, 0.25) is 0 Å². The lowest BCUT2D eigenvalue weighted by molar-refractivity contribution is -0.138. The van der Waals surface area contributed by atoms with Crippen LogP contribution in [0, 0.1) is 0 Å². The third kappa shape index (κ3) is 4.54. The topological polar surface area (TPSA) is 80.4 Å². The van der Waals surface area contributed by atoms with E-state index in [-0.39, 0.29) is 0 Å². The second-order valence-corrected chi connectivity index (χ2v) is 8.53. The molecule has 0 radical (unpaired) electrons. The molecular formula is C18H22NO3P. The summed E-state index contributed by atoms with van der Waals surface area (Å²) in [5, 5.41) is 10.5. The molecule has 0 aliphatic carbocycles. The molecule has 0 saturated carbocycles. The van der Waals surface area contributed by atoms with Crippen molar-refractivity contribution in [1.29, 1.82) is 0 Å². The molecule has 0 aromatic heterocycles. The third-order valence-corrected chi connectivity index (χ3v) is 7.11. The summed E-state index contributed by atoms with van der Waals surface area (Å²) >= 11 is 0. The second-order valence-electron chi connectivity index (χ2n) is 5.57. The van der Waals surface area contributed by atoms with Crippen LogP contribution in [0.15, 0.2) is 60.7 Å². The van der Waals surface area contributed by atoms with E-state index in [0.29, 0.717) is 25.4 Å². The summed E-state index contributed by atoms with van der Waals surface area (Å²) in [7, 11) is -2.70. The standard InChI is InChI=1S/C18H22NO3P/c19-17(18(20)21)13-7-8-14-23(22,15-9-3-1-4-10-15)16-11-5-2-6-12-16/h1-6,9-12,17H,7-8,13-14,19H2,(H,20,21)/t17-/m0/s1. The largest absolute Gasteiger partial charge is 0.480 e. The molecule has 5 heteroatoms.